The van der Waals surface area contributed by atoms with Crippen LogP contribution in [0.25, 0.3) is 0 Å². The molecule has 0 unspecified atom stereocenters. The second kappa shape index (κ2) is 5.58. The van der Waals surface area contributed by atoms with Crippen LogP contribution >= 0.6 is 11.6 Å². The van der Waals surface area contributed by atoms with Gasteiger partial charge in [-0.15, -0.1) is 0 Å². The Balaban J connectivity index is 2.93. The molecule has 0 fully saturated rings. The van der Waals surface area contributed by atoms with E-state index in [1.54, 1.807) is 0 Å². The normalized spacial score (nSPS) is 11.7. The fourth-order valence-corrected chi connectivity index (χ4v) is 2.63. The number of hydrogen-bond acceptors (Lipinski definition) is 3. The van der Waals surface area contributed by atoms with Crippen molar-refractivity contribution in [1.29, 1.82) is 0 Å². The van der Waals surface area contributed by atoms with Crippen LogP contribution in [0.5, 0.6) is 0 Å². The number of rotatable bonds is 5. The van der Waals surface area contributed by atoms with Crippen molar-refractivity contribution < 1.29 is 17.9 Å². The molecule has 90 valence electrons. The first-order valence-corrected chi connectivity index (χ1v) is 6.39. The summed E-state index contributed by atoms with van der Waals surface area (Å²) in [7, 11) is -3.82. The summed E-state index contributed by atoms with van der Waals surface area (Å²) >= 11 is 5.66. The van der Waals surface area contributed by atoms with Crippen molar-refractivity contribution in [1.82, 2.24) is 4.72 Å². The van der Waals surface area contributed by atoms with Crippen molar-refractivity contribution in [3.05, 3.63) is 29.0 Å². The SMILES string of the molecule is O=S(=O)(NCCCO)c1cc(F)ccc1Cl. The third-order valence-corrected chi connectivity index (χ3v) is 3.75. The second-order valence-electron chi connectivity index (χ2n) is 3.05. The second-order valence-corrected chi connectivity index (χ2v) is 5.19. The molecular weight excluding hydrogens is 257 g/mol. The first-order chi connectivity index (χ1) is 7.47. The molecule has 0 bridgehead atoms. The van der Waals surface area contributed by atoms with Gasteiger partial charge in [-0.1, -0.05) is 11.6 Å². The van der Waals surface area contributed by atoms with Gasteiger partial charge in [0.05, 0.1) is 5.02 Å². The Morgan fingerprint density at radius 1 is 1.44 bits per heavy atom. The molecule has 4 nitrogen and oxygen atoms in total. The predicted octanol–water partition coefficient (Wildman–Crippen LogP) is 1.14. The number of benzene rings is 1. The van der Waals surface area contributed by atoms with E-state index in [1.165, 1.54) is 6.07 Å². The highest BCUT2D eigenvalue weighted by Gasteiger charge is 2.17. The maximum Gasteiger partial charge on any atom is 0.242 e. The van der Waals surface area contributed by atoms with E-state index in [2.05, 4.69) is 4.72 Å². The summed E-state index contributed by atoms with van der Waals surface area (Å²) < 4.78 is 38.4. The third-order valence-electron chi connectivity index (χ3n) is 1.81. The highest BCUT2D eigenvalue weighted by atomic mass is 35.5. The Kier molecular flexibility index (Phi) is 4.67. The lowest BCUT2D eigenvalue weighted by molar-refractivity contribution is 0.289. The molecule has 0 radical (unpaired) electrons. The van der Waals surface area contributed by atoms with Gasteiger partial charge in [0.25, 0.3) is 0 Å². The van der Waals surface area contributed by atoms with Gasteiger partial charge in [0.15, 0.2) is 0 Å². The van der Waals surface area contributed by atoms with E-state index in [-0.39, 0.29) is 29.5 Å². The van der Waals surface area contributed by atoms with Gasteiger partial charge in [0.1, 0.15) is 10.7 Å². The molecule has 7 heteroatoms. The Hall–Kier alpha value is -0.690. The molecule has 0 spiro atoms. The van der Waals surface area contributed by atoms with E-state index in [9.17, 15) is 12.8 Å². The average molecular weight is 268 g/mol. The standard InChI is InChI=1S/C9H11ClFNO3S/c10-8-3-2-7(11)6-9(8)16(14,15)12-4-1-5-13/h2-3,6,12-13H,1,4-5H2. The van der Waals surface area contributed by atoms with E-state index in [0.717, 1.165) is 12.1 Å². The minimum Gasteiger partial charge on any atom is -0.396 e. The van der Waals surface area contributed by atoms with E-state index in [0.29, 0.717) is 0 Å². The van der Waals surface area contributed by atoms with Gasteiger partial charge in [-0.25, -0.2) is 17.5 Å². The Morgan fingerprint density at radius 3 is 2.75 bits per heavy atom. The minimum atomic E-state index is -3.82. The van der Waals surface area contributed by atoms with Gasteiger partial charge in [-0.05, 0) is 24.6 Å². The van der Waals surface area contributed by atoms with Crippen LogP contribution < -0.4 is 4.72 Å². The molecule has 0 aliphatic heterocycles. The van der Waals surface area contributed by atoms with E-state index in [1.807, 2.05) is 0 Å². The van der Waals surface area contributed by atoms with Crippen molar-refractivity contribution in [2.75, 3.05) is 13.2 Å². The molecule has 2 N–H and O–H groups in total. The van der Waals surface area contributed by atoms with Crippen molar-refractivity contribution in [3.8, 4) is 0 Å². The molecule has 0 aromatic heterocycles. The predicted molar refractivity (Wildman–Crippen MR) is 58.3 cm³/mol. The highest BCUT2D eigenvalue weighted by molar-refractivity contribution is 7.89. The molecule has 0 amide bonds. The third kappa shape index (κ3) is 3.41. The van der Waals surface area contributed by atoms with Crippen LogP contribution in [0, 0.1) is 5.82 Å². The molecule has 0 saturated carbocycles. The summed E-state index contributed by atoms with van der Waals surface area (Å²) in [6, 6.07) is 3.11. The summed E-state index contributed by atoms with van der Waals surface area (Å²) in [6.07, 6.45) is 0.284. The van der Waals surface area contributed by atoms with Crippen LogP contribution in [-0.2, 0) is 10.0 Å². The lowest BCUT2D eigenvalue weighted by Gasteiger charge is -2.07. The molecular formula is C9H11ClFNO3S. The summed E-state index contributed by atoms with van der Waals surface area (Å²) in [5, 5.41) is 8.47. The fourth-order valence-electron chi connectivity index (χ4n) is 1.05. The molecule has 0 aliphatic rings. The average Bonchev–Trinajstić information content (AvgIpc) is 2.22. The number of sulfonamides is 1. The Morgan fingerprint density at radius 2 is 2.12 bits per heavy atom. The molecule has 1 aromatic rings. The summed E-state index contributed by atoms with van der Waals surface area (Å²) in [5.74, 6) is -0.674. The first-order valence-electron chi connectivity index (χ1n) is 4.53. The Labute approximate surface area is 98.1 Å². The van der Waals surface area contributed by atoms with Crippen molar-refractivity contribution >= 4 is 21.6 Å². The summed E-state index contributed by atoms with van der Waals surface area (Å²) in [6.45, 7) is -0.0505. The molecule has 1 aromatic carbocycles. The quantitative estimate of drug-likeness (QED) is 0.786. The van der Waals surface area contributed by atoms with Crippen LogP contribution in [0.1, 0.15) is 6.42 Å². The zero-order chi connectivity index (χ0) is 12.2. The van der Waals surface area contributed by atoms with Crippen molar-refractivity contribution in [3.63, 3.8) is 0 Å². The number of aliphatic hydroxyl groups is 1. The number of aliphatic hydroxyl groups excluding tert-OH is 1. The summed E-state index contributed by atoms with van der Waals surface area (Å²) in [4.78, 5) is -0.299. The molecule has 0 atom stereocenters. The number of nitrogens with one attached hydrogen (secondary N) is 1. The van der Waals surface area contributed by atoms with Crippen LogP contribution in [0.4, 0.5) is 4.39 Å². The topological polar surface area (TPSA) is 66.4 Å². The van der Waals surface area contributed by atoms with Crippen LogP contribution in [0.2, 0.25) is 5.02 Å². The van der Waals surface area contributed by atoms with E-state index >= 15 is 0 Å². The Bertz CT molecular complexity index is 464. The molecule has 0 aliphatic carbocycles. The van der Waals surface area contributed by atoms with Crippen molar-refractivity contribution in [2.24, 2.45) is 0 Å². The van der Waals surface area contributed by atoms with E-state index in [4.69, 9.17) is 16.7 Å². The van der Waals surface area contributed by atoms with E-state index < -0.39 is 15.8 Å². The van der Waals surface area contributed by atoms with Gasteiger partial charge in [0, 0.05) is 13.2 Å². The van der Waals surface area contributed by atoms with Crippen molar-refractivity contribution in [2.45, 2.75) is 11.3 Å². The molecule has 0 saturated heterocycles. The number of halogens is 2. The van der Waals surface area contributed by atoms with Crippen LogP contribution in [0.3, 0.4) is 0 Å². The zero-order valence-electron chi connectivity index (χ0n) is 8.28. The molecule has 16 heavy (non-hydrogen) atoms. The van der Waals surface area contributed by atoms with Gasteiger partial charge < -0.3 is 5.11 Å². The molecule has 0 heterocycles. The van der Waals surface area contributed by atoms with Gasteiger partial charge in [-0.2, -0.15) is 0 Å². The maximum absolute atomic E-state index is 12.9. The fraction of sp³-hybridized carbons (Fsp3) is 0.333. The zero-order valence-corrected chi connectivity index (χ0v) is 9.85. The van der Waals surface area contributed by atoms with Crippen LogP contribution in [-0.4, -0.2) is 26.7 Å². The molecule has 1 rings (SSSR count). The first kappa shape index (κ1) is 13.4. The lowest BCUT2D eigenvalue weighted by atomic mass is 10.3. The minimum absolute atomic E-state index is 0.0436. The largest absolute Gasteiger partial charge is 0.396 e. The maximum atomic E-state index is 12.9. The lowest BCUT2D eigenvalue weighted by Crippen LogP contribution is -2.25. The number of hydrogen-bond donors (Lipinski definition) is 2. The smallest absolute Gasteiger partial charge is 0.242 e. The van der Waals surface area contributed by atoms with Gasteiger partial charge >= 0.3 is 0 Å². The van der Waals surface area contributed by atoms with Gasteiger partial charge in [0.2, 0.25) is 10.0 Å². The monoisotopic (exact) mass is 267 g/mol. The summed E-state index contributed by atoms with van der Waals surface area (Å²) in [5.41, 5.74) is 0. The van der Waals surface area contributed by atoms with Crippen LogP contribution in [0.15, 0.2) is 23.1 Å². The highest BCUT2D eigenvalue weighted by Crippen LogP contribution is 2.21. The van der Waals surface area contributed by atoms with Gasteiger partial charge in [-0.3, -0.25) is 0 Å².